The molecule has 1 aliphatic heterocycles. The predicted octanol–water partition coefficient (Wildman–Crippen LogP) is 2.36. The first-order valence-electron chi connectivity index (χ1n) is 7.52. The van der Waals surface area contributed by atoms with Crippen LogP contribution in [-0.2, 0) is 11.2 Å². The monoisotopic (exact) mass is 314 g/mol. The zero-order valence-corrected chi connectivity index (χ0v) is 12.8. The van der Waals surface area contributed by atoms with Gasteiger partial charge in [-0.25, -0.2) is 0 Å². The van der Waals surface area contributed by atoms with Gasteiger partial charge < -0.3 is 19.8 Å². The van der Waals surface area contributed by atoms with Gasteiger partial charge in [0.05, 0.1) is 12.0 Å². The van der Waals surface area contributed by atoms with Crippen molar-refractivity contribution in [3.63, 3.8) is 0 Å². The molecule has 1 aromatic carbocycles. The van der Waals surface area contributed by atoms with E-state index < -0.39 is 0 Å². The standard InChI is InChI=1S/C17H18N2O4/c1-11(4-6-13-3-2-8-22-13)18-17(21)12-5-7-14-15(9-12)23-10-16(20)19-14/h2-3,5,7-9,11H,4,6,10H2,1H3,(H,18,21)(H,19,20). The summed E-state index contributed by atoms with van der Waals surface area (Å²) >= 11 is 0. The van der Waals surface area contributed by atoms with Crippen LogP contribution in [0.2, 0.25) is 0 Å². The van der Waals surface area contributed by atoms with Crippen molar-refractivity contribution >= 4 is 17.5 Å². The first-order chi connectivity index (χ1) is 11.1. The Kier molecular flexibility index (Phi) is 4.32. The van der Waals surface area contributed by atoms with E-state index in [0.29, 0.717) is 17.0 Å². The number of carbonyl (C=O) groups excluding carboxylic acids is 2. The van der Waals surface area contributed by atoms with Crippen molar-refractivity contribution in [2.75, 3.05) is 11.9 Å². The fraction of sp³-hybridized carbons (Fsp3) is 0.294. The van der Waals surface area contributed by atoms with Gasteiger partial charge in [0.25, 0.3) is 11.8 Å². The molecule has 120 valence electrons. The lowest BCUT2D eigenvalue weighted by atomic mass is 10.1. The minimum Gasteiger partial charge on any atom is -0.482 e. The maximum atomic E-state index is 12.3. The lowest BCUT2D eigenvalue weighted by molar-refractivity contribution is -0.118. The molecule has 0 spiro atoms. The number of furan rings is 1. The highest BCUT2D eigenvalue weighted by molar-refractivity contribution is 5.99. The molecule has 3 rings (SSSR count). The molecule has 0 bridgehead atoms. The Hall–Kier alpha value is -2.76. The van der Waals surface area contributed by atoms with Crippen LogP contribution in [0, 0.1) is 0 Å². The highest BCUT2D eigenvalue weighted by Crippen LogP contribution is 2.28. The van der Waals surface area contributed by atoms with Gasteiger partial charge >= 0.3 is 0 Å². The minimum atomic E-state index is -0.193. The number of amides is 2. The van der Waals surface area contributed by atoms with Gasteiger partial charge in [-0.15, -0.1) is 0 Å². The molecule has 2 aromatic rings. The Bertz CT molecular complexity index is 709. The smallest absolute Gasteiger partial charge is 0.262 e. The quantitative estimate of drug-likeness (QED) is 0.888. The average Bonchev–Trinajstić information content (AvgIpc) is 3.05. The molecular formula is C17H18N2O4. The van der Waals surface area contributed by atoms with Gasteiger partial charge in [0, 0.05) is 18.0 Å². The number of anilines is 1. The molecule has 1 atom stereocenters. The number of nitrogens with one attached hydrogen (secondary N) is 2. The van der Waals surface area contributed by atoms with Crippen molar-refractivity contribution < 1.29 is 18.7 Å². The molecule has 2 amide bonds. The van der Waals surface area contributed by atoms with Gasteiger partial charge in [-0.05, 0) is 43.7 Å². The van der Waals surface area contributed by atoms with E-state index in [9.17, 15) is 9.59 Å². The second-order valence-electron chi connectivity index (χ2n) is 5.54. The lowest BCUT2D eigenvalue weighted by Gasteiger charge is -2.19. The molecular weight excluding hydrogens is 296 g/mol. The van der Waals surface area contributed by atoms with E-state index in [1.807, 2.05) is 19.1 Å². The Labute approximate surface area is 133 Å². The summed E-state index contributed by atoms with van der Waals surface area (Å²) in [4.78, 5) is 23.5. The van der Waals surface area contributed by atoms with Gasteiger partial charge in [0.15, 0.2) is 6.61 Å². The molecule has 6 heteroatoms. The van der Waals surface area contributed by atoms with Crippen LogP contribution in [0.15, 0.2) is 41.0 Å². The Balaban J connectivity index is 1.58. The molecule has 23 heavy (non-hydrogen) atoms. The summed E-state index contributed by atoms with van der Waals surface area (Å²) in [6.45, 7) is 1.92. The van der Waals surface area contributed by atoms with Crippen LogP contribution in [0.25, 0.3) is 0 Å². The van der Waals surface area contributed by atoms with E-state index in [1.54, 1.807) is 24.5 Å². The molecule has 0 saturated heterocycles. The van der Waals surface area contributed by atoms with Gasteiger partial charge in [0.1, 0.15) is 11.5 Å². The SMILES string of the molecule is CC(CCc1ccco1)NC(=O)c1ccc2c(c1)OCC(=O)N2. The van der Waals surface area contributed by atoms with Crippen LogP contribution in [0.1, 0.15) is 29.5 Å². The van der Waals surface area contributed by atoms with Crippen LogP contribution < -0.4 is 15.4 Å². The topological polar surface area (TPSA) is 80.6 Å². The lowest BCUT2D eigenvalue weighted by Crippen LogP contribution is -2.33. The van der Waals surface area contributed by atoms with Crippen LogP contribution in [-0.4, -0.2) is 24.5 Å². The summed E-state index contributed by atoms with van der Waals surface area (Å²) in [7, 11) is 0. The van der Waals surface area contributed by atoms with Crippen LogP contribution in [0.3, 0.4) is 0 Å². The normalized spacial score (nSPS) is 14.4. The zero-order valence-electron chi connectivity index (χ0n) is 12.8. The number of hydrogen-bond donors (Lipinski definition) is 2. The second-order valence-corrected chi connectivity index (χ2v) is 5.54. The van der Waals surface area contributed by atoms with E-state index >= 15 is 0 Å². The molecule has 0 radical (unpaired) electrons. The van der Waals surface area contributed by atoms with Crippen molar-refractivity contribution in [1.29, 1.82) is 0 Å². The molecule has 2 heterocycles. The van der Waals surface area contributed by atoms with Gasteiger partial charge in [-0.3, -0.25) is 9.59 Å². The number of aryl methyl sites for hydroxylation is 1. The molecule has 1 aliphatic rings. The highest BCUT2D eigenvalue weighted by Gasteiger charge is 2.18. The van der Waals surface area contributed by atoms with Gasteiger partial charge in [-0.2, -0.15) is 0 Å². The molecule has 0 saturated carbocycles. The van der Waals surface area contributed by atoms with E-state index in [-0.39, 0.29) is 24.5 Å². The van der Waals surface area contributed by atoms with E-state index in [2.05, 4.69) is 10.6 Å². The molecule has 1 aromatic heterocycles. The summed E-state index contributed by atoms with van der Waals surface area (Å²) in [6, 6.07) is 8.78. The Morgan fingerprint density at radius 3 is 3.04 bits per heavy atom. The number of ether oxygens (including phenoxy) is 1. The maximum absolute atomic E-state index is 12.3. The first kappa shape index (κ1) is 15.1. The Morgan fingerprint density at radius 2 is 2.26 bits per heavy atom. The second kappa shape index (κ2) is 6.56. The van der Waals surface area contributed by atoms with Crippen molar-refractivity contribution in [2.45, 2.75) is 25.8 Å². The van der Waals surface area contributed by atoms with Gasteiger partial charge in [-0.1, -0.05) is 0 Å². The van der Waals surface area contributed by atoms with Crippen molar-refractivity contribution in [1.82, 2.24) is 5.32 Å². The predicted molar refractivity (Wildman–Crippen MR) is 84.5 cm³/mol. The first-order valence-corrected chi connectivity index (χ1v) is 7.52. The third-order valence-electron chi connectivity index (χ3n) is 3.66. The van der Waals surface area contributed by atoms with E-state index in [4.69, 9.17) is 9.15 Å². The van der Waals surface area contributed by atoms with Crippen molar-refractivity contribution in [2.24, 2.45) is 0 Å². The third-order valence-corrected chi connectivity index (χ3v) is 3.66. The highest BCUT2D eigenvalue weighted by atomic mass is 16.5. The van der Waals surface area contributed by atoms with Crippen LogP contribution in [0.4, 0.5) is 5.69 Å². The molecule has 0 aliphatic carbocycles. The molecule has 6 nitrogen and oxygen atoms in total. The van der Waals surface area contributed by atoms with Crippen LogP contribution >= 0.6 is 0 Å². The van der Waals surface area contributed by atoms with E-state index in [0.717, 1.165) is 18.6 Å². The number of fused-ring (bicyclic) bond motifs is 1. The Morgan fingerprint density at radius 1 is 1.39 bits per heavy atom. The number of rotatable bonds is 5. The average molecular weight is 314 g/mol. The van der Waals surface area contributed by atoms with Crippen molar-refractivity contribution in [3.05, 3.63) is 47.9 Å². The van der Waals surface area contributed by atoms with E-state index in [1.165, 1.54) is 0 Å². The van der Waals surface area contributed by atoms with Crippen molar-refractivity contribution in [3.8, 4) is 5.75 Å². The fourth-order valence-corrected chi connectivity index (χ4v) is 2.41. The summed E-state index contributed by atoms with van der Waals surface area (Å²) in [5, 5.41) is 5.65. The maximum Gasteiger partial charge on any atom is 0.262 e. The zero-order chi connectivity index (χ0) is 16.2. The summed E-state index contributed by atoms with van der Waals surface area (Å²) in [5.74, 6) is 1.06. The van der Waals surface area contributed by atoms with Gasteiger partial charge in [0.2, 0.25) is 0 Å². The minimum absolute atomic E-state index is 0.0178. The summed E-state index contributed by atoms with van der Waals surface area (Å²) in [5.41, 5.74) is 1.09. The largest absolute Gasteiger partial charge is 0.482 e. The molecule has 1 unspecified atom stereocenters. The van der Waals surface area contributed by atoms with Crippen LogP contribution in [0.5, 0.6) is 5.75 Å². The third kappa shape index (κ3) is 3.71. The summed E-state index contributed by atoms with van der Waals surface area (Å²) in [6.07, 6.45) is 3.20. The number of carbonyl (C=O) groups is 2. The molecule has 0 fully saturated rings. The number of benzene rings is 1. The summed E-state index contributed by atoms with van der Waals surface area (Å²) < 4.78 is 10.6. The molecule has 2 N–H and O–H groups in total. The number of hydrogen-bond acceptors (Lipinski definition) is 4. The fourth-order valence-electron chi connectivity index (χ4n) is 2.41.